The van der Waals surface area contributed by atoms with Crippen molar-refractivity contribution in [3.8, 4) is 11.1 Å². The molecule has 4 rings (SSSR count). The molecule has 1 saturated carbocycles. The SMILES string of the molecule is O=C(N[C@@H]1CCC[C@H](C(=O)NCCC(O)C(=O)O)C1)OCC1c2ccccc2-c2ccccc21. The maximum absolute atomic E-state index is 12.6. The van der Waals surface area contributed by atoms with Crippen LogP contribution in [-0.4, -0.2) is 53.5 Å². The summed E-state index contributed by atoms with van der Waals surface area (Å²) in [5.74, 6) is -1.77. The van der Waals surface area contributed by atoms with Crippen LogP contribution in [0.15, 0.2) is 48.5 Å². The lowest BCUT2D eigenvalue weighted by atomic mass is 9.85. The Morgan fingerprint density at radius 1 is 1.00 bits per heavy atom. The molecule has 0 spiro atoms. The highest BCUT2D eigenvalue weighted by molar-refractivity contribution is 5.80. The summed E-state index contributed by atoms with van der Waals surface area (Å²) in [6.07, 6.45) is 0.742. The minimum atomic E-state index is -1.49. The molecule has 34 heavy (non-hydrogen) atoms. The number of carboxylic acids is 1. The van der Waals surface area contributed by atoms with E-state index >= 15 is 0 Å². The molecule has 2 aliphatic carbocycles. The number of aliphatic hydroxyl groups excluding tert-OH is 1. The number of amides is 2. The molecule has 8 nitrogen and oxygen atoms in total. The van der Waals surface area contributed by atoms with Gasteiger partial charge in [-0.25, -0.2) is 9.59 Å². The van der Waals surface area contributed by atoms with Crippen molar-refractivity contribution in [3.63, 3.8) is 0 Å². The van der Waals surface area contributed by atoms with E-state index in [1.807, 2.05) is 24.3 Å². The van der Waals surface area contributed by atoms with Crippen LogP contribution in [0.5, 0.6) is 0 Å². The smallest absolute Gasteiger partial charge is 0.407 e. The first-order chi connectivity index (χ1) is 16.4. The van der Waals surface area contributed by atoms with E-state index in [0.29, 0.717) is 12.8 Å². The van der Waals surface area contributed by atoms with Crippen LogP contribution in [-0.2, 0) is 14.3 Å². The van der Waals surface area contributed by atoms with Crippen LogP contribution in [0.4, 0.5) is 4.79 Å². The Morgan fingerprint density at radius 2 is 1.65 bits per heavy atom. The number of benzene rings is 2. The maximum atomic E-state index is 12.6. The number of rotatable bonds is 8. The summed E-state index contributed by atoms with van der Waals surface area (Å²) in [4.78, 5) is 35.7. The van der Waals surface area contributed by atoms with Gasteiger partial charge in [-0.05, 0) is 41.5 Å². The Hall–Kier alpha value is -3.39. The Balaban J connectivity index is 1.27. The van der Waals surface area contributed by atoms with Crippen molar-refractivity contribution >= 4 is 18.0 Å². The molecule has 0 aromatic heterocycles. The number of aliphatic carboxylic acids is 1. The van der Waals surface area contributed by atoms with Gasteiger partial charge in [0.15, 0.2) is 6.10 Å². The summed E-state index contributed by atoms with van der Waals surface area (Å²) >= 11 is 0. The highest BCUT2D eigenvalue weighted by Crippen LogP contribution is 2.44. The third-order valence-corrected chi connectivity index (χ3v) is 6.71. The fourth-order valence-electron chi connectivity index (χ4n) is 4.97. The van der Waals surface area contributed by atoms with E-state index in [1.54, 1.807) is 0 Å². The molecule has 180 valence electrons. The predicted octanol–water partition coefficient (Wildman–Crippen LogP) is 3.04. The third kappa shape index (κ3) is 5.39. The lowest BCUT2D eigenvalue weighted by molar-refractivity contribution is -0.147. The van der Waals surface area contributed by atoms with Crippen molar-refractivity contribution in [3.05, 3.63) is 59.7 Å². The average Bonchev–Trinajstić information content (AvgIpc) is 3.16. The molecule has 2 aromatic rings. The maximum Gasteiger partial charge on any atom is 0.407 e. The monoisotopic (exact) mass is 466 g/mol. The average molecular weight is 467 g/mol. The number of hydrogen-bond donors (Lipinski definition) is 4. The first-order valence-electron chi connectivity index (χ1n) is 11.7. The fourth-order valence-corrected chi connectivity index (χ4v) is 4.97. The topological polar surface area (TPSA) is 125 Å². The summed E-state index contributed by atoms with van der Waals surface area (Å²) in [5.41, 5.74) is 4.64. The van der Waals surface area contributed by atoms with Crippen LogP contribution < -0.4 is 10.6 Å². The van der Waals surface area contributed by atoms with Gasteiger partial charge in [0.1, 0.15) is 6.61 Å². The van der Waals surface area contributed by atoms with Gasteiger partial charge >= 0.3 is 12.1 Å². The van der Waals surface area contributed by atoms with E-state index in [1.165, 1.54) is 11.1 Å². The van der Waals surface area contributed by atoms with Gasteiger partial charge in [0, 0.05) is 30.8 Å². The lowest BCUT2D eigenvalue weighted by Crippen LogP contribution is -2.43. The summed E-state index contributed by atoms with van der Waals surface area (Å²) < 4.78 is 5.62. The lowest BCUT2D eigenvalue weighted by Gasteiger charge is -2.29. The number of aliphatic hydroxyl groups is 1. The van der Waals surface area contributed by atoms with Crippen molar-refractivity contribution in [1.29, 1.82) is 0 Å². The van der Waals surface area contributed by atoms with E-state index in [2.05, 4.69) is 34.9 Å². The third-order valence-electron chi connectivity index (χ3n) is 6.71. The Bertz CT molecular complexity index is 1010. The van der Waals surface area contributed by atoms with E-state index in [-0.39, 0.29) is 43.4 Å². The van der Waals surface area contributed by atoms with E-state index in [0.717, 1.165) is 24.0 Å². The number of nitrogens with one attached hydrogen (secondary N) is 2. The van der Waals surface area contributed by atoms with Gasteiger partial charge in [0.2, 0.25) is 5.91 Å². The van der Waals surface area contributed by atoms with E-state index < -0.39 is 18.2 Å². The molecule has 4 N–H and O–H groups in total. The van der Waals surface area contributed by atoms with Crippen molar-refractivity contribution in [1.82, 2.24) is 10.6 Å². The van der Waals surface area contributed by atoms with Crippen molar-refractivity contribution in [2.45, 2.75) is 50.2 Å². The first kappa shape index (κ1) is 23.8. The van der Waals surface area contributed by atoms with Crippen molar-refractivity contribution in [2.24, 2.45) is 5.92 Å². The standard InChI is InChI=1S/C26H30N2O6/c29-23(25(31)32)12-13-27-24(30)16-6-5-7-17(14-16)28-26(33)34-15-22-20-10-3-1-8-18(20)19-9-2-4-11-21(19)22/h1-4,8-11,16-17,22-23,29H,5-7,12-15H2,(H,27,30)(H,28,33)(H,31,32)/t16-,17+,23?/m0/s1. The summed E-state index contributed by atoms with van der Waals surface area (Å²) in [6.45, 7) is 0.329. The Labute approximate surface area is 198 Å². The molecule has 0 saturated heterocycles. The molecule has 8 heteroatoms. The minimum Gasteiger partial charge on any atom is -0.479 e. The van der Waals surface area contributed by atoms with Gasteiger partial charge in [-0.2, -0.15) is 0 Å². The van der Waals surface area contributed by atoms with Gasteiger partial charge in [-0.15, -0.1) is 0 Å². The zero-order valence-electron chi connectivity index (χ0n) is 18.9. The zero-order valence-corrected chi connectivity index (χ0v) is 18.9. The molecule has 0 heterocycles. The van der Waals surface area contributed by atoms with Crippen LogP contribution in [0, 0.1) is 5.92 Å². The second-order valence-electron chi connectivity index (χ2n) is 8.96. The summed E-state index contributed by atoms with van der Waals surface area (Å²) in [6, 6.07) is 16.2. The second-order valence-corrected chi connectivity index (χ2v) is 8.96. The fraction of sp³-hybridized carbons (Fsp3) is 0.423. The largest absolute Gasteiger partial charge is 0.479 e. The van der Waals surface area contributed by atoms with Crippen LogP contribution in [0.25, 0.3) is 11.1 Å². The number of fused-ring (bicyclic) bond motifs is 3. The number of carbonyl (C=O) groups excluding carboxylic acids is 2. The Morgan fingerprint density at radius 3 is 2.29 bits per heavy atom. The van der Waals surface area contributed by atoms with Crippen molar-refractivity contribution in [2.75, 3.05) is 13.2 Å². The molecule has 2 aliphatic rings. The zero-order chi connectivity index (χ0) is 24.1. The Kier molecular flexibility index (Phi) is 7.47. The molecule has 0 aliphatic heterocycles. The minimum absolute atomic E-state index is 0.0100. The van der Waals surface area contributed by atoms with Gasteiger partial charge in [-0.3, -0.25) is 4.79 Å². The molecule has 0 bridgehead atoms. The van der Waals surface area contributed by atoms with Crippen molar-refractivity contribution < 1.29 is 29.3 Å². The predicted molar refractivity (Wildman–Crippen MR) is 125 cm³/mol. The normalized spacial score (nSPS) is 20.0. The van der Waals surface area contributed by atoms with Gasteiger partial charge < -0.3 is 25.6 Å². The highest BCUT2D eigenvalue weighted by Gasteiger charge is 2.31. The summed E-state index contributed by atoms with van der Waals surface area (Å²) in [7, 11) is 0. The summed E-state index contributed by atoms with van der Waals surface area (Å²) in [5, 5.41) is 23.6. The van der Waals surface area contributed by atoms with Crippen LogP contribution in [0.3, 0.4) is 0 Å². The van der Waals surface area contributed by atoms with Gasteiger partial charge in [-0.1, -0.05) is 55.0 Å². The molecule has 2 aromatic carbocycles. The quantitative estimate of drug-likeness (QED) is 0.474. The molecular weight excluding hydrogens is 436 g/mol. The van der Waals surface area contributed by atoms with Crippen LogP contribution >= 0.6 is 0 Å². The molecule has 3 atom stereocenters. The second kappa shape index (κ2) is 10.7. The number of carbonyl (C=O) groups is 3. The number of hydrogen-bond acceptors (Lipinski definition) is 5. The number of alkyl carbamates (subject to hydrolysis) is 1. The molecule has 0 radical (unpaired) electrons. The molecule has 2 amide bonds. The highest BCUT2D eigenvalue weighted by atomic mass is 16.5. The van der Waals surface area contributed by atoms with E-state index in [4.69, 9.17) is 9.84 Å². The van der Waals surface area contributed by atoms with E-state index in [9.17, 15) is 19.5 Å². The van der Waals surface area contributed by atoms with Crippen LogP contribution in [0.1, 0.15) is 49.1 Å². The molecular formula is C26H30N2O6. The van der Waals surface area contributed by atoms with Gasteiger partial charge in [0.05, 0.1) is 0 Å². The van der Waals surface area contributed by atoms with Crippen LogP contribution in [0.2, 0.25) is 0 Å². The van der Waals surface area contributed by atoms with Gasteiger partial charge in [0.25, 0.3) is 0 Å². The number of carboxylic acid groups (broad SMARTS) is 1. The molecule has 1 fully saturated rings. The first-order valence-corrected chi connectivity index (χ1v) is 11.7. The number of ether oxygens (including phenoxy) is 1. The molecule has 1 unspecified atom stereocenters.